The number of ketones is 1. The third kappa shape index (κ3) is 5.12. The molecule has 1 amide bonds. The first-order valence-electron chi connectivity index (χ1n) is 8.39. The molecular weight excluding hydrogens is 393 g/mol. The first kappa shape index (κ1) is 21.9. The Morgan fingerprint density at radius 1 is 1.11 bits per heavy atom. The number of alkyl halides is 3. The molecule has 0 aliphatic rings. The van der Waals surface area contributed by atoms with Gasteiger partial charge in [0.05, 0.1) is 5.25 Å². The Hall–Kier alpha value is -2.36. The number of hydrogen-bond donors (Lipinski definition) is 1. The summed E-state index contributed by atoms with van der Waals surface area (Å²) in [6.45, 7) is 6.95. The van der Waals surface area contributed by atoms with E-state index in [1.54, 1.807) is 52.0 Å². The SMILES string of the molecule is C[C@@H](Sc1nnc(C(F)(F)F)n1C)C(=O)c1ccc(NC(=O)C(C)(C)C)cc1. The van der Waals surface area contributed by atoms with Crippen molar-refractivity contribution in [2.75, 3.05) is 5.32 Å². The van der Waals surface area contributed by atoms with Crippen molar-refractivity contribution in [3.8, 4) is 0 Å². The highest BCUT2D eigenvalue weighted by atomic mass is 32.2. The number of Topliss-reactive ketones (excluding diaryl/α,β-unsaturated/α-hetero) is 1. The van der Waals surface area contributed by atoms with Crippen LogP contribution in [-0.2, 0) is 18.0 Å². The van der Waals surface area contributed by atoms with Crippen molar-refractivity contribution in [3.05, 3.63) is 35.7 Å². The largest absolute Gasteiger partial charge is 0.451 e. The highest BCUT2D eigenvalue weighted by Gasteiger charge is 2.38. The van der Waals surface area contributed by atoms with E-state index in [9.17, 15) is 22.8 Å². The predicted molar refractivity (Wildman–Crippen MR) is 100 cm³/mol. The predicted octanol–water partition coefficient (Wildman–Crippen LogP) is 4.18. The fraction of sp³-hybridized carbons (Fsp3) is 0.444. The van der Waals surface area contributed by atoms with Crippen LogP contribution in [0.25, 0.3) is 0 Å². The maximum absolute atomic E-state index is 12.8. The molecule has 2 rings (SSSR count). The summed E-state index contributed by atoms with van der Waals surface area (Å²) in [6.07, 6.45) is -4.61. The smallest absolute Gasteiger partial charge is 0.326 e. The molecule has 0 fully saturated rings. The minimum atomic E-state index is -4.61. The highest BCUT2D eigenvalue weighted by molar-refractivity contribution is 8.00. The van der Waals surface area contributed by atoms with Crippen molar-refractivity contribution in [3.63, 3.8) is 0 Å². The van der Waals surface area contributed by atoms with Crippen LogP contribution >= 0.6 is 11.8 Å². The van der Waals surface area contributed by atoms with Crippen LogP contribution in [0.4, 0.5) is 18.9 Å². The van der Waals surface area contributed by atoms with Gasteiger partial charge in [0.1, 0.15) is 0 Å². The molecule has 2 aromatic rings. The molecule has 0 spiro atoms. The van der Waals surface area contributed by atoms with Gasteiger partial charge in [-0.15, -0.1) is 10.2 Å². The first-order valence-corrected chi connectivity index (χ1v) is 9.27. The highest BCUT2D eigenvalue weighted by Crippen LogP contribution is 2.31. The van der Waals surface area contributed by atoms with Gasteiger partial charge in [0, 0.05) is 23.7 Å². The fourth-order valence-corrected chi connectivity index (χ4v) is 3.04. The van der Waals surface area contributed by atoms with Crippen LogP contribution in [0.5, 0.6) is 0 Å². The number of rotatable bonds is 5. The molecule has 1 aromatic carbocycles. The average Bonchev–Trinajstić information content (AvgIpc) is 2.95. The molecule has 0 unspecified atom stereocenters. The van der Waals surface area contributed by atoms with Crippen molar-refractivity contribution in [2.45, 2.75) is 44.3 Å². The van der Waals surface area contributed by atoms with E-state index in [4.69, 9.17) is 0 Å². The fourth-order valence-electron chi connectivity index (χ4n) is 2.15. The second-order valence-corrected chi connectivity index (χ2v) is 8.58. The quantitative estimate of drug-likeness (QED) is 0.587. The molecule has 1 aromatic heterocycles. The monoisotopic (exact) mass is 414 g/mol. The number of nitrogens with one attached hydrogen (secondary N) is 1. The molecule has 0 saturated carbocycles. The van der Waals surface area contributed by atoms with Gasteiger partial charge < -0.3 is 9.88 Å². The molecule has 0 bridgehead atoms. The Labute approximate surface area is 164 Å². The third-order valence-electron chi connectivity index (χ3n) is 3.85. The zero-order chi connectivity index (χ0) is 21.3. The molecule has 28 heavy (non-hydrogen) atoms. The van der Waals surface area contributed by atoms with Crippen LogP contribution in [0.15, 0.2) is 29.4 Å². The normalized spacial score (nSPS) is 13.3. The molecule has 0 aliphatic carbocycles. The number of nitrogens with zero attached hydrogens (tertiary/aromatic N) is 3. The van der Waals surface area contributed by atoms with Crippen molar-refractivity contribution in [1.29, 1.82) is 0 Å². The van der Waals surface area contributed by atoms with Gasteiger partial charge in [-0.3, -0.25) is 9.59 Å². The number of thioether (sulfide) groups is 1. The van der Waals surface area contributed by atoms with Gasteiger partial charge in [-0.25, -0.2) is 0 Å². The van der Waals surface area contributed by atoms with E-state index in [0.29, 0.717) is 11.3 Å². The van der Waals surface area contributed by atoms with Crippen LogP contribution in [0, 0.1) is 5.41 Å². The second-order valence-electron chi connectivity index (χ2n) is 7.27. The maximum atomic E-state index is 12.8. The molecule has 0 saturated heterocycles. The van der Waals surface area contributed by atoms with Crippen molar-refractivity contribution in [1.82, 2.24) is 14.8 Å². The van der Waals surface area contributed by atoms with E-state index in [0.717, 1.165) is 16.3 Å². The summed E-state index contributed by atoms with van der Waals surface area (Å²) in [5.41, 5.74) is 0.386. The summed E-state index contributed by atoms with van der Waals surface area (Å²) in [7, 11) is 1.20. The third-order valence-corrected chi connectivity index (χ3v) is 4.98. The number of anilines is 1. The molecule has 1 heterocycles. The first-order chi connectivity index (χ1) is 12.8. The van der Waals surface area contributed by atoms with Gasteiger partial charge in [-0.2, -0.15) is 13.2 Å². The number of hydrogen-bond acceptors (Lipinski definition) is 5. The van der Waals surface area contributed by atoms with Gasteiger partial charge in [-0.1, -0.05) is 32.5 Å². The second kappa shape index (κ2) is 7.94. The number of aromatic nitrogens is 3. The van der Waals surface area contributed by atoms with Crippen molar-refractivity contribution >= 4 is 29.1 Å². The van der Waals surface area contributed by atoms with Crippen LogP contribution in [0.1, 0.15) is 43.9 Å². The van der Waals surface area contributed by atoms with Gasteiger partial charge in [-0.05, 0) is 31.2 Å². The minimum absolute atomic E-state index is 0.00207. The lowest BCUT2D eigenvalue weighted by atomic mass is 9.95. The molecule has 10 heteroatoms. The van der Waals surface area contributed by atoms with E-state index in [2.05, 4.69) is 15.5 Å². The zero-order valence-corrected chi connectivity index (χ0v) is 16.9. The zero-order valence-electron chi connectivity index (χ0n) is 16.1. The Morgan fingerprint density at radius 2 is 1.68 bits per heavy atom. The van der Waals surface area contributed by atoms with Gasteiger partial charge in [0.2, 0.25) is 11.7 Å². The molecule has 152 valence electrons. The molecule has 6 nitrogen and oxygen atoms in total. The Morgan fingerprint density at radius 3 is 2.14 bits per heavy atom. The number of benzene rings is 1. The molecule has 0 aliphatic heterocycles. The van der Waals surface area contributed by atoms with E-state index in [1.165, 1.54) is 7.05 Å². The molecule has 0 radical (unpaired) electrons. The van der Waals surface area contributed by atoms with Crippen molar-refractivity contribution in [2.24, 2.45) is 12.5 Å². The number of carbonyl (C=O) groups excluding carboxylic acids is 2. The van der Waals surface area contributed by atoms with Crippen LogP contribution in [-0.4, -0.2) is 31.7 Å². The lowest BCUT2D eigenvalue weighted by molar-refractivity contribution is -0.147. The summed E-state index contributed by atoms with van der Waals surface area (Å²) in [4.78, 5) is 24.6. The standard InChI is InChI=1S/C18H21F3N4O2S/c1-10(28-16-24-23-14(25(16)5)18(19,20)21)13(26)11-6-8-12(9-7-11)22-15(27)17(2,3)4/h6-10H,1-5H3,(H,22,27)/t10-/m1/s1. The Bertz CT molecular complexity index is 870. The van der Waals surface area contributed by atoms with E-state index in [-0.39, 0.29) is 16.8 Å². The number of carbonyl (C=O) groups is 2. The molecule has 1 atom stereocenters. The summed E-state index contributed by atoms with van der Waals surface area (Å²) in [5, 5.41) is 8.76. The van der Waals surface area contributed by atoms with Gasteiger partial charge in [0.25, 0.3) is 0 Å². The number of amides is 1. The lowest BCUT2D eigenvalue weighted by Crippen LogP contribution is -2.27. The molecule has 1 N–H and O–H groups in total. The summed E-state index contributed by atoms with van der Waals surface area (Å²) in [6, 6.07) is 6.35. The van der Waals surface area contributed by atoms with E-state index < -0.39 is 22.7 Å². The van der Waals surface area contributed by atoms with E-state index in [1.807, 2.05) is 0 Å². The Kier molecular flexibility index (Phi) is 6.22. The van der Waals surface area contributed by atoms with E-state index >= 15 is 0 Å². The van der Waals surface area contributed by atoms with Crippen LogP contribution < -0.4 is 5.32 Å². The van der Waals surface area contributed by atoms with Crippen LogP contribution in [0.2, 0.25) is 0 Å². The van der Waals surface area contributed by atoms with Crippen molar-refractivity contribution < 1.29 is 22.8 Å². The van der Waals surface area contributed by atoms with Crippen LogP contribution in [0.3, 0.4) is 0 Å². The summed E-state index contributed by atoms with van der Waals surface area (Å²) >= 11 is 0.898. The average molecular weight is 414 g/mol. The van der Waals surface area contributed by atoms with Gasteiger partial charge >= 0.3 is 6.18 Å². The summed E-state index contributed by atoms with van der Waals surface area (Å²) < 4.78 is 39.2. The number of halogens is 3. The Balaban J connectivity index is 2.08. The summed E-state index contributed by atoms with van der Waals surface area (Å²) in [5.74, 6) is -1.54. The van der Waals surface area contributed by atoms with Gasteiger partial charge in [0.15, 0.2) is 10.9 Å². The lowest BCUT2D eigenvalue weighted by Gasteiger charge is -2.17. The maximum Gasteiger partial charge on any atom is 0.451 e. The topological polar surface area (TPSA) is 76.9 Å². The minimum Gasteiger partial charge on any atom is -0.326 e. The molecular formula is C18H21F3N4O2S.